The number of nitrogens with zero attached hydrogens (tertiary/aromatic N) is 1. The topological polar surface area (TPSA) is 57.2 Å². The standard InChI is InChI=1S/C18H19N3OS/c1-11(2)17-8-13(10-23-17)18(22)21-19-9-15-12(3)20-16-7-5-4-6-14(15)16/h4-11,20H,1-3H3,(H,21,22). The Morgan fingerprint density at radius 3 is 2.87 bits per heavy atom. The number of aromatic amines is 1. The first-order valence-corrected chi connectivity index (χ1v) is 8.43. The third kappa shape index (κ3) is 3.19. The Bertz CT molecular complexity index is 873. The Hall–Kier alpha value is -2.40. The molecule has 0 radical (unpaired) electrons. The van der Waals surface area contributed by atoms with Crippen LogP contribution in [-0.2, 0) is 0 Å². The van der Waals surface area contributed by atoms with Gasteiger partial charge in [0, 0.05) is 32.4 Å². The highest BCUT2D eigenvalue weighted by molar-refractivity contribution is 7.10. The SMILES string of the molecule is Cc1[nH]c2ccccc2c1C=NNC(=O)c1csc(C(C)C)c1. The maximum atomic E-state index is 12.1. The molecular weight excluding hydrogens is 306 g/mol. The summed E-state index contributed by atoms with van der Waals surface area (Å²) in [5, 5.41) is 7.09. The van der Waals surface area contributed by atoms with Crippen LogP contribution < -0.4 is 5.43 Å². The number of amides is 1. The first-order chi connectivity index (χ1) is 11.1. The minimum atomic E-state index is -0.179. The fourth-order valence-corrected chi connectivity index (χ4v) is 3.36. The minimum Gasteiger partial charge on any atom is -0.358 e. The van der Waals surface area contributed by atoms with Crippen molar-refractivity contribution in [3.05, 3.63) is 57.4 Å². The summed E-state index contributed by atoms with van der Waals surface area (Å²) in [6, 6.07) is 9.97. The molecule has 0 spiro atoms. The Morgan fingerprint density at radius 2 is 2.13 bits per heavy atom. The van der Waals surface area contributed by atoms with E-state index >= 15 is 0 Å². The number of aromatic nitrogens is 1. The molecule has 3 aromatic rings. The van der Waals surface area contributed by atoms with Gasteiger partial charge in [-0.15, -0.1) is 11.3 Å². The van der Waals surface area contributed by atoms with Crippen molar-refractivity contribution in [2.24, 2.45) is 5.10 Å². The van der Waals surface area contributed by atoms with E-state index in [2.05, 4.69) is 29.4 Å². The van der Waals surface area contributed by atoms with Crippen molar-refractivity contribution in [3.63, 3.8) is 0 Å². The smallest absolute Gasteiger partial charge is 0.272 e. The first kappa shape index (κ1) is 15.5. The molecule has 0 saturated carbocycles. The molecule has 0 unspecified atom stereocenters. The highest BCUT2D eigenvalue weighted by Crippen LogP contribution is 2.23. The molecule has 1 amide bonds. The maximum Gasteiger partial charge on any atom is 0.272 e. The highest BCUT2D eigenvalue weighted by atomic mass is 32.1. The van der Waals surface area contributed by atoms with Crippen LogP contribution in [0.4, 0.5) is 0 Å². The van der Waals surface area contributed by atoms with Gasteiger partial charge < -0.3 is 4.98 Å². The van der Waals surface area contributed by atoms with Crippen LogP contribution in [0.3, 0.4) is 0 Å². The number of H-pyrrole nitrogens is 1. The van der Waals surface area contributed by atoms with Crippen molar-refractivity contribution in [1.29, 1.82) is 0 Å². The van der Waals surface area contributed by atoms with E-state index in [1.54, 1.807) is 17.6 Å². The lowest BCUT2D eigenvalue weighted by Gasteiger charge is -1.98. The van der Waals surface area contributed by atoms with Crippen LogP contribution in [0.2, 0.25) is 0 Å². The second-order valence-electron chi connectivity index (χ2n) is 5.80. The molecule has 0 atom stereocenters. The molecule has 1 aromatic carbocycles. The second kappa shape index (κ2) is 6.38. The Balaban J connectivity index is 1.75. The molecule has 0 fully saturated rings. The van der Waals surface area contributed by atoms with Gasteiger partial charge in [0.2, 0.25) is 0 Å². The average Bonchev–Trinajstić information content (AvgIpc) is 3.12. The zero-order chi connectivity index (χ0) is 16.4. The van der Waals surface area contributed by atoms with Gasteiger partial charge in [0.1, 0.15) is 0 Å². The quantitative estimate of drug-likeness (QED) is 0.541. The lowest BCUT2D eigenvalue weighted by atomic mass is 10.1. The Kier molecular flexibility index (Phi) is 4.30. The van der Waals surface area contributed by atoms with Crippen molar-refractivity contribution in [3.8, 4) is 0 Å². The van der Waals surface area contributed by atoms with Crippen LogP contribution in [0, 0.1) is 6.92 Å². The van der Waals surface area contributed by atoms with Crippen LogP contribution in [-0.4, -0.2) is 17.1 Å². The van der Waals surface area contributed by atoms with E-state index in [0.29, 0.717) is 11.5 Å². The number of benzene rings is 1. The molecule has 0 bridgehead atoms. The molecule has 0 aliphatic heterocycles. The average molecular weight is 325 g/mol. The van der Waals surface area contributed by atoms with Gasteiger partial charge in [-0.2, -0.15) is 5.10 Å². The lowest BCUT2D eigenvalue weighted by Crippen LogP contribution is -2.16. The zero-order valence-electron chi connectivity index (χ0n) is 13.4. The molecule has 2 N–H and O–H groups in total. The van der Waals surface area contributed by atoms with Gasteiger partial charge in [0.05, 0.1) is 11.8 Å². The largest absolute Gasteiger partial charge is 0.358 e. The molecule has 2 heterocycles. The van der Waals surface area contributed by atoms with Gasteiger partial charge in [-0.05, 0) is 25.0 Å². The van der Waals surface area contributed by atoms with Crippen LogP contribution in [0.5, 0.6) is 0 Å². The van der Waals surface area contributed by atoms with E-state index in [-0.39, 0.29) is 5.91 Å². The predicted octanol–water partition coefficient (Wildman–Crippen LogP) is 4.43. The second-order valence-corrected chi connectivity index (χ2v) is 6.74. The summed E-state index contributed by atoms with van der Waals surface area (Å²) in [5.74, 6) is 0.251. The number of aryl methyl sites for hydroxylation is 1. The van der Waals surface area contributed by atoms with E-state index in [4.69, 9.17) is 0 Å². The van der Waals surface area contributed by atoms with Crippen LogP contribution in [0.1, 0.15) is 46.3 Å². The molecular formula is C18H19N3OS. The first-order valence-electron chi connectivity index (χ1n) is 7.55. The highest BCUT2D eigenvalue weighted by Gasteiger charge is 2.10. The molecule has 23 heavy (non-hydrogen) atoms. The van der Waals surface area contributed by atoms with Crippen molar-refractivity contribution in [1.82, 2.24) is 10.4 Å². The van der Waals surface area contributed by atoms with Crippen LogP contribution in [0.15, 0.2) is 40.8 Å². The Morgan fingerprint density at radius 1 is 1.35 bits per heavy atom. The van der Waals surface area contributed by atoms with E-state index in [1.807, 2.05) is 42.6 Å². The van der Waals surface area contributed by atoms with Gasteiger partial charge in [-0.1, -0.05) is 32.0 Å². The van der Waals surface area contributed by atoms with E-state index < -0.39 is 0 Å². The monoisotopic (exact) mass is 325 g/mol. The molecule has 2 aromatic heterocycles. The maximum absolute atomic E-state index is 12.1. The molecule has 4 nitrogen and oxygen atoms in total. The molecule has 0 aliphatic carbocycles. The van der Waals surface area contributed by atoms with Crippen molar-refractivity contribution in [2.75, 3.05) is 0 Å². The summed E-state index contributed by atoms with van der Waals surface area (Å²) in [7, 11) is 0. The number of rotatable bonds is 4. The molecule has 3 rings (SSSR count). The molecule has 0 aliphatic rings. The van der Waals surface area contributed by atoms with Gasteiger partial charge in [0.25, 0.3) is 5.91 Å². The van der Waals surface area contributed by atoms with Gasteiger partial charge in [-0.3, -0.25) is 4.79 Å². The van der Waals surface area contributed by atoms with Gasteiger partial charge in [-0.25, -0.2) is 5.43 Å². The lowest BCUT2D eigenvalue weighted by molar-refractivity contribution is 0.0955. The molecule has 118 valence electrons. The summed E-state index contributed by atoms with van der Waals surface area (Å²) in [6.07, 6.45) is 1.70. The van der Waals surface area contributed by atoms with Crippen LogP contribution >= 0.6 is 11.3 Å². The number of hydrazone groups is 1. The van der Waals surface area contributed by atoms with E-state index in [1.165, 1.54) is 4.88 Å². The minimum absolute atomic E-state index is 0.179. The number of hydrogen-bond donors (Lipinski definition) is 2. The number of carbonyl (C=O) groups excluding carboxylic acids is 1. The number of nitrogens with one attached hydrogen (secondary N) is 2. The summed E-state index contributed by atoms with van der Waals surface area (Å²) in [5.41, 5.74) is 6.35. The zero-order valence-corrected chi connectivity index (χ0v) is 14.2. The summed E-state index contributed by atoms with van der Waals surface area (Å²) in [4.78, 5) is 16.6. The predicted molar refractivity (Wildman–Crippen MR) is 96.5 cm³/mol. The van der Waals surface area contributed by atoms with E-state index in [9.17, 15) is 4.79 Å². The third-order valence-electron chi connectivity index (χ3n) is 3.75. The number of thiophene rings is 1. The van der Waals surface area contributed by atoms with Crippen molar-refractivity contribution < 1.29 is 4.79 Å². The molecule has 0 saturated heterocycles. The number of fused-ring (bicyclic) bond motifs is 1. The summed E-state index contributed by atoms with van der Waals surface area (Å²) >= 11 is 1.60. The van der Waals surface area contributed by atoms with Crippen molar-refractivity contribution >= 4 is 34.4 Å². The number of carbonyl (C=O) groups is 1. The van der Waals surface area contributed by atoms with Gasteiger partial charge in [0.15, 0.2) is 0 Å². The van der Waals surface area contributed by atoms with Crippen molar-refractivity contribution in [2.45, 2.75) is 26.7 Å². The van der Waals surface area contributed by atoms with E-state index in [0.717, 1.165) is 22.2 Å². The summed E-state index contributed by atoms with van der Waals surface area (Å²) in [6.45, 7) is 6.23. The fourth-order valence-electron chi connectivity index (χ4n) is 2.46. The Labute approximate surface area is 139 Å². The van der Waals surface area contributed by atoms with Gasteiger partial charge >= 0.3 is 0 Å². The number of para-hydroxylation sites is 1. The van der Waals surface area contributed by atoms with Crippen LogP contribution in [0.25, 0.3) is 10.9 Å². The fraction of sp³-hybridized carbons (Fsp3) is 0.222. The third-order valence-corrected chi connectivity index (χ3v) is 4.99. The number of hydrogen-bond acceptors (Lipinski definition) is 3. The normalized spacial score (nSPS) is 11.7. The summed E-state index contributed by atoms with van der Waals surface area (Å²) < 4.78 is 0. The molecule has 5 heteroatoms.